The normalized spacial score (nSPS) is 44.3. The van der Waals surface area contributed by atoms with Crippen molar-refractivity contribution in [2.75, 3.05) is 20.1 Å². The zero-order valence-electron chi connectivity index (χ0n) is 32.4. The van der Waals surface area contributed by atoms with Crippen molar-refractivity contribution in [3.8, 4) is 0 Å². The number of amides is 1. The molecule has 1 aliphatic heterocycles. The van der Waals surface area contributed by atoms with Gasteiger partial charge >= 0.3 is 11.9 Å². The number of hydrogen-bond acceptors (Lipinski definition) is 5. The molecule has 0 spiro atoms. The predicted octanol–water partition coefficient (Wildman–Crippen LogP) is 8.27. The van der Waals surface area contributed by atoms with Crippen molar-refractivity contribution in [3.63, 3.8) is 0 Å². The van der Waals surface area contributed by atoms with Crippen LogP contribution in [0.4, 0.5) is 0 Å². The fourth-order valence-electron chi connectivity index (χ4n) is 14.0. The molecule has 2 N–H and O–H groups in total. The first-order chi connectivity index (χ1) is 22.8. The lowest BCUT2D eigenvalue weighted by Crippen LogP contribution is -2.67. The number of nitrogens with zero attached hydrogens (tertiary/aromatic N) is 1. The van der Waals surface area contributed by atoms with Crippen molar-refractivity contribution in [3.05, 3.63) is 12.2 Å². The van der Waals surface area contributed by atoms with E-state index in [1.807, 2.05) is 7.05 Å². The zero-order valence-corrected chi connectivity index (χ0v) is 32.4. The van der Waals surface area contributed by atoms with E-state index in [4.69, 9.17) is 4.74 Å². The first-order valence-electron chi connectivity index (χ1n) is 19.8. The largest absolute Gasteiger partial charge is 0.481 e. The van der Waals surface area contributed by atoms with E-state index in [2.05, 4.69) is 58.3 Å². The van der Waals surface area contributed by atoms with Crippen molar-refractivity contribution in [1.29, 1.82) is 0 Å². The molecule has 0 aromatic carbocycles. The number of esters is 1. The average molecular weight is 681 g/mol. The summed E-state index contributed by atoms with van der Waals surface area (Å²) in [5.41, 5.74) is 0.661. The van der Waals surface area contributed by atoms with Crippen LogP contribution in [0.25, 0.3) is 0 Å². The molecule has 7 heteroatoms. The molecule has 11 atom stereocenters. The number of allylic oxidation sites excluding steroid dienone is 1. The number of carboxylic acid groups (broad SMARTS) is 1. The molecule has 0 bridgehead atoms. The molecule has 0 aromatic rings. The fraction of sp³-hybridized carbons (Fsp3) is 0.881. The first-order valence-corrected chi connectivity index (χ1v) is 19.8. The Balaban J connectivity index is 1.24. The maximum atomic E-state index is 14.0. The summed E-state index contributed by atoms with van der Waals surface area (Å²) in [4.78, 5) is 40.9. The number of carbonyl (C=O) groups excluding carboxylic acids is 2. The van der Waals surface area contributed by atoms with Gasteiger partial charge in [0.1, 0.15) is 6.10 Å². The summed E-state index contributed by atoms with van der Waals surface area (Å²) in [5, 5.41) is 13.0. The third kappa shape index (κ3) is 5.64. The van der Waals surface area contributed by atoms with E-state index in [1.165, 1.54) is 37.7 Å². The maximum Gasteiger partial charge on any atom is 0.309 e. The van der Waals surface area contributed by atoms with E-state index in [0.717, 1.165) is 51.6 Å². The number of likely N-dealkylation sites (N-methyl/N-ethyl adjacent to an activating group) is 1. The lowest BCUT2D eigenvalue weighted by Gasteiger charge is -2.73. The van der Waals surface area contributed by atoms with Gasteiger partial charge in [-0.25, -0.2) is 0 Å². The van der Waals surface area contributed by atoms with E-state index in [0.29, 0.717) is 48.0 Å². The summed E-state index contributed by atoms with van der Waals surface area (Å²) < 4.78 is 6.18. The molecule has 6 fully saturated rings. The molecule has 276 valence electrons. The standard InChI is InChI=1S/C42H68N2O5/c1-26(2)28-13-19-42(23-33(45)44-22-16-27(25-44)43-10)21-20-40(8)29(35(28)42)11-12-31-39(7)17-15-32(49-34(46)24-37(3,4)36(47)48)38(5,6)30(39)14-18-41(31,40)9/h27-32,35,43H,1,11-25H2,2-10H3,(H,47,48)/t27-,28-,29+,30-,31+,32-,35+,39-,40+,41+,42+/m0/s1. The molecular formula is C42H68N2O5. The van der Waals surface area contributed by atoms with Gasteiger partial charge in [0.05, 0.1) is 11.8 Å². The lowest BCUT2D eigenvalue weighted by atomic mass is 9.32. The van der Waals surface area contributed by atoms with Crippen LogP contribution in [0.1, 0.15) is 139 Å². The molecular weight excluding hydrogens is 612 g/mol. The van der Waals surface area contributed by atoms with Crippen LogP contribution in [0.2, 0.25) is 0 Å². The number of fused-ring (bicyclic) bond motifs is 7. The van der Waals surface area contributed by atoms with E-state index < -0.39 is 11.4 Å². The highest BCUT2D eigenvalue weighted by molar-refractivity contribution is 5.81. The summed E-state index contributed by atoms with van der Waals surface area (Å²) >= 11 is 0. The van der Waals surface area contributed by atoms with Crippen LogP contribution >= 0.6 is 0 Å². The molecule has 1 heterocycles. The van der Waals surface area contributed by atoms with Gasteiger partial charge < -0.3 is 20.1 Å². The smallest absolute Gasteiger partial charge is 0.309 e. The minimum Gasteiger partial charge on any atom is -0.481 e. The quantitative estimate of drug-likeness (QED) is 0.198. The van der Waals surface area contributed by atoms with E-state index in [9.17, 15) is 19.5 Å². The number of hydrogen-bond donors (Lipinski definition) is 2. The van der Waals surface area contributed by atoms with Crippen LogP contribution in [0.3, 0.4) is 0 Å². The van der Waals surface area contributed by atoms with Crippen LogP contribution in [-0.2, 0) is 19.1 Å². The van der Waals surface area contributed by atoms with Gasteiger partial charge in [0, 0.05) is 31.0 Å². The molecule has 6 aliphatic rings. The minimum absolute atomic E-state index is 0.0893. The van der Waals surface area contributed by atoms with Gasteiger partial charge in [0.15, 0.2) is 0 Å². The van der Waals surface area contributed by atoms with Crippen molar-refractivity contribution in [2.24, 2.45) is 62.1 Å². The van der Waals surface area contributed by atoms with Gasteiger partial charge in [-0.3, -0.25) is 14.4 Å². The summed E-state index contributed by atoms with van der Waals surface area (Å²) in [6.07, 6.45) is 12.8. The van der Waals surface area contributed by atoms with Crippen LogP contribution < -0.4 is 5.32 Å². The Bertz CT molecular complexity index is 1360. The van der Waals surface area contributed by atoms with E-state index in [-0.39, 0.29) is 45.6 Å². The van der Waals surface area contributed by atoms with Gasteiger partial charge in [0.2, 0.25) is 5.91 Å². The number of aliphatic carboxylic acids is 1. The number of ether oxygens (including phenoxy) is 1. The summed E-state index contributed by atoms with van der Waals surface area (Å²) in [6, 6.07) is 0.418. The molecule has 5 aliphatic carbocycles. The van der Waals surface area contributed by atoms with Gasteiger partial charge in [-0.05, 0) is 150 Å². The van der Waals surface area contributed by atoms with Crippen molar-refractivity contribution < 1.29 is 24.2 Å². The monoisotopic (exact) mass is 681 g/mol. The SMILES string of the molecule is C=C(C)[C@@H]1CC[C@]2(CC(=O)N3CC[C@H](NC)C3)CC[C@]3(C)[C@H](CC[C@@H]4[C@@]5(C)CC[C@H](OC(=O)CC(C)(C)C(=O)O)C(C)(C)[C@@H]5CC[C@]43C)[C@@H]12. The molecule has 7 nitrogen and oxygen atoms in total. The zero-order chi connectivity index (χ0) is 35.9. The van der Waals surface area contributed by atoms with Crippen molar-refractivity contribution in [1.82, 2.24) is 10.2 Å². The van der Waals surface area contributed by atoms with Crippen molar-refractivity contribution in [2.45, 2.75) is 151 Å². The number of nitrogens with one attached hydrogen (secondary N) is 1. The van der Waals surface area contributed by atoms with Crippen LogP contribution in [0, 0.1) is 62.1 Å². The van der Waals surface area contributed by atoms with Crippen LogP contribution in [-0.4, -0.2) is 60.1 Å². The second-order valence-corrected chi connectivity index (χ2v) is 20.0. The molecule has 0 aromatic heterocycles. The van der Waals surface area contributed by atoms with E-state index in [1.54, 1.807) is 13.8 Å². The molecule has 1 saturated heterocycles. The third-order valence-corrected chi connectivity index (χ3v) is 17.1. The third-order valence-electron chi connectivity index (χ3n) is 17.1. The lowest BCUT2D eigenvalue weighted by molar-refractivity contribution is -0.250. The number of likely N-dealkylation sites (tertiary alicyclic amines) is 1. The Morgan fingerprint density at radius 3 is 2.24 bits per heavy atom. The molecule has 6 rings (SSSR count). The molecule has 49 heavy (non-hydrogen) atoms. The van der Waals surface area contributed by atoms with Crippen molar-refractivity contribution >= 4 is 17.8 Å². The molecule has 0 radical (unpaired) electrons. The minimum atomic E-state index is -1.14. The van der Waals surface area contributed by atoms with Crippen LogP contribution in [0.5, 0.6) is 0 Å². The second-order valence-electron chi connectivity index (χ2n) is 20.0. The summed E-state index contributed by atoms with van der Waals surface area (Å²) in [6.45, 7) is 24.3. The maximum absolute atomic E-state index is 14.0. The Morgan fingerprint density at radius 1 is 0.898 bits per heavy atom. The number of rotatable bonds is 8. The predicted molar refractivity (Wildman–Crippen MR) is 194 cm³/mol. The number of carbonyl (C=O) groups is 3. The number of carboxylic acids is 1. The highest BCUT2D eigenvalue weighted by atomic mass is 16.5. The van der Waals surface area contributed by atoms with Gasteiger partial charge in [0.25, 0.3) is 0 Å². The molecule has 5 saturated carbocycles. The second kappa shape index (κ2) is 12.4. The fourth-order valence-corrected chi connectivity index (χ4v) is 14.0. The average Bonchev–Trinajstić information content (AvgIpc) is 3.64. The first kappa shape index (κ1) is 36.9. The Labute approximate surface area is 297 Å². The van der Waals surface area contributed by atoms with E-state index >= 15 is 0 Å². The summed E-state index contributed by atoms with van der Waals surface area (Å²) in [7, 11) is 2.02. The Hall–Kier alpha value is -1.89. The highest BCUT2D eigenvalue weighted by Crippen LogP contribution is 2.78. The highest BCUT2D eigenvalue weighted by Gasteiger charge is 2.71. The van der Waals surface area contributed by atoms with Gasteiger partial charge in [-0.1, -0.05) is 46.8 Å². The van der Waals surface area contributed by atoms with Gasteiger partial charge in [-0.15, -0.1) is 0 Å². The topological polar surface area (TPSA) is 95.9 Å². The molecule has 1 amide bonds. The molecule has 0 unspecified atom stereocenters. The summed E-state index contributed by atoms with van der Waals surface area (Å²) in [5.74, 6) is 1.70. The Morgan fingerprint density at radius 2 is 1.61 bits per heavy atom. The van der Waals surface area contributed by atoms with Gasteiger partial charge in [-0.2, -0.15) is 0 Å². The van der Waals surface area contributed by atoms with Crippen LogP contribution in [0.15, 0.2) is 12.2 Å². The Kier molecular flexibility index (Phi) is 9.31.